The molecule has 0 amide bonds. The molecular formula is C16H24O3Si. The number of fused-ring (bicyclic) bond motifs is 6. The summed E-state index contributed by atoms with van der Waals surface area (Å²) in [5, 5.41) is 0. The van der Waals surface area contributed by atoms with E-state index in [1.807, 2.05) is 7.11 Å². The monoisotopic (exact) mass is 292 g/mol. The van der Waals surface area contributed by atoms with Gasteiger partial charge in [0.2, 0.25) is 0 Å². The van der Waals surface area contributed by atoms with Crippen molar-refractivity contribution in [3.05, 3.63) is 0 Å². The molecule has 10 unspecified atom stereocenters. The van der Waals surface area contributed by atoms with Gasteiger partial charge in [-0.15, -0.1) is 0 Å². The largest absolute Gasteiger partial charge is 0.501 e. The van der Waals surface area contributed by atoms with Gasteiger partial charge in [0.05, 0.1) is 11.7 Å². The van der Waals surface area contributed by atoms with Crippen LogP contribution in [0.4, 0.5) is 0 Å². The van der Waals surface area contributed by atoms with Crippen LogP contribution < -0.4 is 0 Å². The van der Waals surface area contributed by atoms with Crippen LogP contribution in [-0.4, -0.2) is 27.6 Å². The van der Waals surface area contributed by atoms with Gasteiger partial charge < -0.3 is 13.3 Å². The lowest BCUT2D eigenvalue weighted by Crippen LogP contribution is -2.87. The highest BCUT2D eigenvalue weighted by Crippen LogP contribution is 2.88. The lowest BCUT2D eigenvalue weighted by molar-refractivity contribution is -0.386. The van der Waals surface area contributed by atoms with Crippen LogP contribution in [0.1, 0.15) is 32.6 Å². The Kier molecular flexibility index (Phi) is 1.87. The molecule has 1 aliphatic heterocycles. The van der Waals surface area contributed by atoms with E-state index in [-0.39, 0.29) is 5.60 Å². The van der Waals surface area contributed by atoms with Gasteiger partial charge in [0, 0.05) is 19.1 Å². The number of hydrogen-bond acceptors (Lipinski definition) is 3. The van der Waals surface area contributed by atoms with Crippen molar-refractivity contribution in [2.24, 2.45) is 41.4 Å². The standard InChI is InChI=1S/C16H24O3Si/c1-3-6-20(17-2)18-11-5-4-8-13(11)16(19-20)14(8)12-9-7-10(9)15(12)16/h8-15H,3-7H2,1-2H3. The first-order chi connectivity index (χ1) is 9.76. The predicted octanol–water partition coefficient (Wildman–Crippen LogP) is 2.69. The molecule has 0 N–H and O–H groups in total. The molecule has 1 spiro atoms. The van der Waals surface area contributed by atoms with E-state index in [9.17, 15) is 0 Å². The number of rotatable bonds is 3. The molecule has 0 aromatic rings. The molecule has 0 radical (unpaired) electrons. The summed E-state index contributed by atoms with van der Waals surface area (Å²) in [6.07, 6.45) is 5.76. The second-order valence-electron chi connectivity index (χ2n) is 8.21. The topological polar surface area (TPSA) is 27.7 Å². The minimum absolute atomic E-state index is 0.240. The summed E-state index contributed by atoms with van der Waals surface area (Å²) >= 11 is 0. The van der Waals surface area contributed by atoms with Gasteiger partial charge in [-0.05, 0) is 54.8 Å². The molecule has 20 heavy (non-hydrogen) atoms. The quantitative estimate of drug-likeness (QED) is 0.749. The van der Waals surface area contributed by atoms with Gasteiger partial charge in [-0.1, -0.05) is 13.3 Å². The maximum Gasteiger partial charge on any atom is 0.501 e. The van der Waals surface area contributed by atoms with E-state index >= 15 is 0 Å². The first kappa shape index (κ1) is 11.6. The van der Waals surface area contributed by atoms with Crippen molar-refractivity contribution < 1.29 is 13.3 Å². The molecule has 110 valence electrons. The van der Waals surface area contributed by atoms with E-state index in [1.165, 1.54) is 19.3 Å². The van der Waals surface area contributed by atoms with E-state index in [0.29, 0.717) is 6.10 Å². The minimum atomic E-state index is -2.38. The van der Waals surface area contributed by atoms with Crippen LogP contribution >= 0.6 is 0 Å². The molecule has 6 aliphatic rings. The highest BCUT2D eigenvalue weighted by atomic mass is 28.4. The van der Waals surface area contributed by atoms with Crippen LogP contribution in [0, 0.1) is 41.4 Å². The van der Waals surface area contributed by atoms with Crippen molar-refractivity contribution in [3.8, 4) is 0 Å². The average molecular weight is 292 g/mol. The summed E-state index contributed by atoms with van der Waals surface area (Å²) in [4.78, 5) is 0. The Morgan fingerprint density at radius 3 is 2.80 bits per heavy atom. The molecule has 0 aromatic heterocycles. The fraction of sp³-hybridized carbons (Fsp3) is 1.00. The van der Waals surface area contributed by atoms with Gasteiger partial charge in [0.25, 0.3) is 0 Å². The lowest BCUT2D eigenvalue weighted by Gasteiger charge is -2.81. The molecule has 4 heteroatoms. The van der Waals surface area contributed by atoms with Gasteiger partial charge in [0.15, 0.2) is 0 Å². The Bertz CT molecular complexity index is 498. The van der Waals surface area contributed by atoms with Crippen molar-refractivity contribution >= 4 is 8.80 Å². The van der Waals surface area contributed by atoms with Crippen molar-refractivity contribution in [2.75, 3.05) is 7.11 Å². The third-order valence-electron chi connectivity index (χ3n) is 7.88. The molecule has 1 saturated heterocycles. The van der Waals surface area contributed by atoms with Gasteiger partial charge in [0.1, 0.15) is 0 Å². The maximum atomic E-state index is 6.86. The molecule has 5 aliphatic carbocycles. The second-order valence-corrected chi connectivity index (χ2v) is 10.9. The zero-order valence-corrected chi connectivity index (χ0v) is 13.4. The van der Waals surface area contributed by atoms with Gasteiger partial charge >= 0.3 is 8.80 Å². The summed E-state index contributed by atoms with van der Waals surface area (Å²) < 4.78 is 19.3. The van der Waals surface area contributed by atoms with Crippen molar-refractivity contribution in [1.29, 1.82) is 0 Å². The first-order valence-electron chi connectivity index (χ1n) is 8.69. The lowest BCUT2D eigenvalue weighted by atomic mass is 9.30. The number of hydrogen-bond donors (Lipinski definition) is 0. The van der Waals surface area contributed by atoms with E-state index in [0.717, 1.165) is 53.9 Å². The van der Waals surface area contributed by atoms with Crippen molar-refractivity contribution in [3.63, 3.8) is 0 Å². The van der Waals surface area contributed by atoms with Crippen molar-refractivity contribution in [1.82, 2.24) is 0 Å². The minimum Gasteiger partial charge on any atom is -0.377 e. The van der Waals surface area contributed by atoms with Gasteiger partial charge in [-0.3, -0.25) is 0 Å². The zero-order chi connectivity index (χ0) is 13.3. The maximum absolute atomic E-state index is 6.86. The molecule has 3 nitrogen and oxygen atoms in total. The fourth-order valence-corrected chi connectivity index (χ4v) is 10.4. The van der Waals surface area contributed by atoms with E-state index < -0.39 is 8.80 Å². The third kappa shape index (κ3) is 0.938. The van der Waals surface area contributed by atoms with Crippen molar-refractivity contribution in [2.45, 2.75) is 50.4 Å². The predicted molar refractivity (Wildman–Crippen MR) is 74.8 cm³/mol. The molecule has 6 rings (SSSR count). The summed E-state index contributed by atoms with van der Waals surface area (Å²) in [7, 11) is -0.550. The Balaban J connectivity index is 1.42. The van der Waals surface area contributed by atoms with E-state index in [1.54, 1.807) is 0 Å². The molecular weight excluding hydrogens is 268 g/mol. The van der Waals surface area contributed by atoms with Crippen LogP contribution in [0.15, 0.2) is 0 Å². The molecule has 0 bridgehead atoms. The summed E-state index contributed by atoms with van der Waals surface area (Å²) in [5.41, 5.74) is 0.240. The van der Waals surface area contributed by atoms with Crippen LogP contribution in [0.5, 0.6) is 0 Å². The third-order valence-corrected chi connectivity index (χ3v) is 10.9. The SMILES string of the molecule is CCC[Si]1(OC)OC2CCC3C2C2(O1)C1C4CC4C1C32. The average Bonchev–Trinajstić information content (AvgIpc) is 2.96. The smallest absolute Gasteiger partial charge is 0.377 e. The normalized spacial score (nSPS) is 70.5. The summed E-state index contributed by atoms with van der Waals surface area (Å²) in [6, 6.07) is 1.01. The van der Waals surface area contributed by atoms with Gasteiger partial charge in [-0.2, -0.15) is 0 Å². The molecule has 5 saturated carbocycles. The highest BCUT2D eigenvalue weighted by molar-refractivity contribution is 6.61. The molecule has 0 aromatic carbocycles. The van der Waals surface area contributed by atoms with Crippen LogP contribution in [0.2, 0.25) is 6.04 Å². The van der Waals surface area contributed by atoms with Gasteiger partial charge in [-0.25, -0.2) is 0 Å². The Hall–Kier alpha value is 0.0969. The van der Waals surface area contributed by atoms with Crippen LogP contribution in [-0.2, 0) is 13.3 Å². The second kappa shape index (κ2) is 3.22. The Morgan fingerprint density at radius 2 is 2.00 bits per heavy atom. The molecule has 10 atom stereocenters. The Morgan fingerprint density at radius 1 is 1.15 bits per heavy atom. The molecule has 1 heterocycles. The van der Waals surface area contributed by atoms with E-state index in [2.05, 4.69) is 6.92 Å². The summed E-state index contributed by atoms with van der Waals surface area (Å²) in [6.45, 7) is 2.23. The Labute approximate surface area is 121 Å². The zero-order valence-electron chi connectivity index (χ0n) is 12.4. The first-order valence-corrected chi connectivity index (χ1v) is 10.6. The molecule has 6 fully saturated rings. The van der Waals surface area contributed by atoms with Crippen LogP contribution in [0.25, 0.3) is 0 Å². The van der Waals surface area contributed by atoms with Crippen LogP contribution in [0.3, 0.4) is 0 Å². The fourth-order valence-electron chi connectivity index (χ4n) is 7.46. The highest BCUT2D eigenvalue weighted by Gasteiger charge is 2.91. The van der Waals surface area contributed by atoms with E-state index in [4.69, 9.17) is 13.3 Å². The summed E-state index contributed by atoms with van der Waals surface area (Å²) in [5.74, 6) is 6.66.